The summed E-state index contributed by atoms with van der Waals surface area (Å²) in [7, 11) is 0. The van der Waals surface area contributed by atoms with Gasteiger partial charge < -0.3 is 14.9 Å². The van der Waals surface area contributed by atoms with Gasteiger partial charge in [-0.15, -0.1) is 0 Å². The van der Waals surface area contributed by atoms with Gasteiger partial charge in [0.1, 0.15) is 6.33 Å². The van der Waals surface area contributed by atoms with Crippen LogP contribution in [0, 0.1) is 0 Å². The number of nitrogens with one attached hydrogen (secondary N) is 2. The Morgan fingerprint density at radius 2 is 2.44 bits per heavy atom. The maximum Gasteiger partial charge on any atom is 0.244 e. The van der Waals surface area contributed by atoms with E-state index >= 15 is 0 Å². The van der Waals surface area contributed by atoms with Crippen molar-refractivity contribution >= 4 is 0 Å². The molecule has 8 heteroatoms. The fourth-order valence-electron chi connectivity index (χ4n) is 1.69. The second kappa shape index (κ2) is 3.65. The van der Waals surface area contributed by atoms with Crippen LogP contribution in [0.25, 0.3) is 11.6 Å². The van der Waals surface area contributed by atoms with E-state index < -0.39 is 0 Å². The Labute approximate surface area is 90.1 Å². The number of aliphatic hydroxyl groups is 1. The molecule has 0 radical (unpaired) electrons. The van der Waals surface area contributed by atoms with Crippen molar-refractivity contribution in [3.63, 3.8) is 0 Å². The molecule has 2 atom stereocenters. The first-order chi connectivity index (χ1) is 7.83. The predicted octanol–water partition coefficient (Wildman–Crippen LogP) is -0.750. The molecule has 1 saturated heterocycles. The van der Waals surface area contributed by atoms with Crippen molar-refractivity contribution in [2.24, 2.45) is 0 Å². The fraction of sp³-hybridized carbons (Fsp3) is 0.500. The number of hydrogen-bond donors (Lipinski definition) is 3. The molecule has 1 aliphatic heterocycles. The first-order valence-corrected chi connectivity index (χ1v) is 4.93. The van der Waals surface area contributed by atoms with Crippen LogP contribution in [0.3, 0.4) is 0 Å². The molecular weight excluding hydrogens is 212 g/mol. The molecule has 0 unspecified atom stereocenters. The summed E-state index contributed by atoms with van der Waals surface area (Å²) in [5.74, 6) is 1.30. The molecule has 0 amide bonds. The molecule has 1 aliphatic rings. The Morgan fingerprint density at radius 1 is 1.50 bits per heavy atom. The van der Waals surface area contributed by atoms with E-state index in [-0.39, 0.29) is 12.1 Å². The first-order valence-electron chi connectivity index (χ1n) is 4.93. The van der Waals surface area contributed by atoms with Crippen molar-refractivity contribution in [1.82, 2.24) is 30.6 Å². The van der Waals surface area contributed by atoms with Crippen LogP contribution < -0.4 is 5.32 Å². The van der Waals surface area contributed by atoms with Gasteiger partial charge in [0, 0.05) is 6.54 Å². The molecule has 0 aliphatic carbocycles. The van der Waals surface area contributed by atoms with Gasteiger partial charge in [-0.25, -0.2) is 4.98 Å². The first kappa shape index (κ1) is 9.43. The molecule has 1 fully saturated rings. The van der Waals surface area contributed by atoms with Gasteiger partial charge in [-0.2, -0.15) is 10.1 Å². The van der Waals surface area contributed by atoms with Crippen LogP contribution in [-0.2, 0) is 0 Å². The van der Waals surface area contributed by atoms with Crippen LogP contribution in [0.15, 0.2) is 10.9 Å². The number of aliphatic hydroxyl groups excluding tert-OH is 1. The monoisotopic (exact) mass is 222 g/mol. The fourth-order valence-corrected chi connectivity index (χ4v) is 1.69. The Kier molecular flexibility index (Phi) is 2.15. The maximum atomic E-state index is 9.37. The molecule has 0 bridgehead atoms. The summed E-state index contributed by atoms with van der Waals surface area (Å²) < 4.78 is 5.10. The predicted molar refractivity (Wildman–Crippen MR) is 51.0 cm³/mol. The van der Waals surface area contributed by atoms with E-state index in [2.05, 4.69) is 30.6 Å². The van der Waals surface area contributed by atoms with Crippen LogP contribution in [0.2, 0.25) is 0 Å². The molecule has 84 valence electrons. The number of β-amino-alcohol motifs (C(OH)–C–C–N with tert-alkyl or cyclic N) is 1. The number of nitrogens with zero attached hydrogens (tertiary/aromatic N) is 4. The smallest absolute Gasteiger partial charge is 0.244 e. The molecule has 2 aromatic rings. The molecular formula is C8H10N6O2. The third kappa shape index (κ3) is 1.57. The molecule has 3 N–H and O–H groups in total. The zero-order valence-corrected chi connectivity index (χ0v) is 8.29. The highest BCUT2D eigenvalue weighted by Gasteiger charge is 2.28. The lowest BCUT2D eigenvalue weighted by molar-refractivity contribution is 0.191. The van der Waals surface area contributed by atoms with Gasteiger partial charge in [0.05, 0.1) is 12.1 Å². The van der Waals surface area contributed by atoms with Crippen LogP contribution >= 0.6 is 0 Å². The largest absolute Gasteiger partial charge is 0.392 e. The molecule has 0 spiro atoms. The molecule has 16 heavy (non-hydrogen) atoms. The van der Waals surface area contributed by atoms with Gasteiger partial charge in [-0.05, 0) is 6.42 Å². The van der Waals surface area contributed by atoms with Crippen molar-refractivity contribution in [3.05, 3.63) is 12.2 Å². The number of H-pyrrole nitrogens is 1. The minimum Gasteiger partial charge on any atom is -0.392 e. The number of aromatic nitrogens is 5. The maximum absolute atomic E-state index is 9.37. The zero-order valence-electron chi connectivity index (χ0n) is 8.29. The second-order valence-electron chi connectivity index (χ2n) is 3.64. The Hall–Kier alpha value is -1.80. The van der Waals surface area contributed by atoms with E-state index in [9.17, 15) is 5.11 Å². The topological polar surface area (TPSA) is 113 Å². The van der Waals surface area contributed by atoms with Gasteiger partial charge in [0.15, 0.2) is 5.82 Å². The summed E-state index contributed by atoms with van der Waals surface area (Å²) in [6, 6.07) is -0.0841. The molecule has 3 rings (SSSR count). The Balaban J connectivity index is 1.83. The van der Waals surface area contributed by atoms with Gasteiger partial charge in [-0.1, -0.05) is 5.16 Å². The minimum absolute atomic E-state index is 0.0841. The highest BCUT2D eigenvalue weighted by atomic mass is 16.5. The lowest BCUT2D eigenvalue weighted by Gasteiger charge is -2.01. The Bertz CT molecular complexity index is 467. The number of rotatable bonds is 2. The quantitative estimate of drug-likeness (QED) is 0.612. The molecule has 2 aromatic heterocycles. The molecule has 3 heterocycles. The second-order valence-corrected chi connectivity index (χ2v) is 3.64. The summed E-state index contributed by atoms with van der Waals surface area (Å²) in [6.07, 6.45) is 1.60. The van der Waals surface area contributed by atoms with E-state index in [0.29, 0.717) is 30.5 Å². The van der Waals surface area contributed by atoms with Crippen molar-refractivity contribution in [2.45, 2.75) is 18.6 Å². The van der Waals surface area contributed by atoms with Crippen molar-refractivity contribution < 1.29 is 9.63 Å². The highest BCUT2D eigenvalue weighted by molar-refractivity contribution is 5.39. The summed E-state index contributed by atoms with van der Waals surface area (Å²) in [5.41, 5.74) is 0. The number of aromatic amines is 1. The lowest BCUT2D eigenvalue weighted by Crippen LogP contribution is -2.15. The third-order valence-corrected chi connectivity index (χ3v) is 2.47. The Morgan fingerprint density at radius 3 is 3.12 bits per heavy atom. The summed E-state index contributed by atoms with van der Waals surface area (Å²) in [6.45, 7) is 0.546. The van der Waals surface area contributed by atoms with Gasteiger partial charge in [0.25, 0.3) is 0 Å². The number of hydrogen-bond acceptors (Lipinski definition) is 7. The van der Waals surface area contributed by atoms with E-state index in [1.165, 1.54) is 6.33 Å². The summed E-state index contributed by atoms with van der Waals surface area (Å²) in [5, 5.41) is 22.6. The van der Waals surface area contributed by atoms with Gasteiger partial charge >= 0.3 is 0 Å². The SMILES string of the molecule is O[C@@H]1CN[C@H](c2nc(-c3ncn[nH]3)no2)C1. The van der Waals surface area contributed by atoms with Crippen LogP contribution in [0.4, 0.5) is 0 Å². The van der Waals surface area contributed by atoms with Crippen LogP contribution in [-0.4, -0.2) is 43.1 Å². The van der Waals surface area contributed by atoms with Crippen LogP contribution in [0.1, 0.15) is 18.4 Å². The summed E-state index contributed by atoms with van der Waals surface area (Å²) in [4.78, 5) is 8.10. The third-order valence-electron chi connectivity index (χ3n) is 2.47. The van der Waals surface area contributed by atoms with E-state index in [0.717, 1.165) is 0 Å². The average Bonchev–Trinajstić information content (AvgIpc) is 2.97. The summed E-state index contributed by atoms with van der Waals surface area (Å²) >= 11 is 0. The van der Waals surface area contributed by atoms with Gasteiger partial charge in [0.2, 0.25) is 11.7 Å². The minimum atomic E-state index is -0.356. The van der Waals surface area contributed by atoms with E-state index in [1.807, 2.05) is 0 Å². The van der Waals surface area contributed by atoms with Crippen molar-refractivity contribution in [1.29, 1.82) is 0 Å². The van der Waals surface area contributed by atoms with Crippen molar-refractivity contribution in [3.8, 4) is 11.6 Å². The average molecular weight is 222 g/mol. The standard InChI is InChI=1S/C8H10N6O2/c15-4-1-5(9-2-4)8-12-7(14-16-8)6-10-3-11-13-6/h3-5,9,15H,1-2H2,(H,10,11,13)/t4-,5-/m0/s1. The van der Waals surface area contributed by atoms with Crippen molar-refractivity contribution in [2.75, 3.05) is 6.54 Å². The normalized spacial score (nSPS) is 25.1. The molecule has 0 aromatic carbocycles. The van der Waals surface area contributed by atoms with Crippen LogP contribution in [0.5, 0.6) is 0 Å². The highest BCUT2D eigenvalue weighted by Crippen LogP contribution is 2.23. The lowest BCUT2D eigenvalue weighted by atomic mass is 10.2. The van der Waals surface area contributed by atoms with E-state index in [1.54, 1.807) is 0 Å². The van der Waals surface area contributed by atoms with Gasteiger partial charge in [-0.3, -0.25) is 5.10 Å². The van der Waals surface area contributed by atoms with E-state index in [4.69, 9.17) is 4.52 Å². The zero-order chi connectivity index (χ0) is 11.0. The molecule has 8 nitrogen and oxygen atoms in total. The molecule has 0 saturated carbocycles.